The molecular formula is C9H10FNO. The Bertz CT molecular complexity index is 262. The summed E-state index contributed by atoms with van der Waals surface area (Å²) in [5.41, 5.74) is 0.583. The van der Waals surface area contributed by atoms with Crippen LogP contribution in [0, 0.1) is 5.95 Å². The zero-order valence-electron chi connectivity index (χ0n) is 6.66. The lowest BCUT2D eigenvalue weighted by atomic mass is 10.1. The van der Waals surface area contributed by atoms with E-state index in [1.165, 1.54) is 6.20 Å². The largest absolute Gasteiger partial charge is 0.303 e. The topological polar surface area (TPSA) is 30.0 Å². The van der Waals surface area contributed by atoms with Gasteiger partial charge in [0.25, 0.3) is 0 Å². The van der Waals surface area contributed by atoms with Gasteiger partial charge in [0.1, 0.15) is 6.29 Å². The van der Waals surface area contributed by atoms with E-state index in [4.69, 9.17) is 0 Å². The lowest BCUT2D eigenvalue weighted by Gasteiger charge is -1.98. The number of pyridine rings is 1. The Morgan fingerprint density at radius 2 is 2.42 bits per heavy atom. The molecule has 0 aromatic carbocycles. The summed E-state index contributed by atoms with van der Waals surface area (Å²) in [6.07, 6.45) is 4.01. The summed E-state index contributed by atoms with van der Waals surface area (Å²) in [5.74, 6) is -0.427. The normalized spacial score (nSPS) is 9.75. The van der Waals surface area contributed by atoms with Gasteiger partial charge in [0.15, 0.2) is 0 Å². The van der Waals surface area contributed by atoms with Crippen molar-refractivity contribution in [3.8, 4) is 0 Å². The molecule has 0 fully saturated rings. The number of halogens is 1. The van der Waals surface area contributed by atoms with Gasteiger partial charge in [0.2, 0.25) is 5.95 Å². The highest BCUT2D eigenvalue weighted by molar-refractivity contribution is 5.49. The molecule has 1 heterocycles. The molecule has 0 spiro atoms. The van der Waals surface area contributed by atoms with Crippen molar-refractivity contribution in [1.82, 2.24) is 4.98 Å². The third-order valence-electron chi connectivity index (χ3n) is 1.60. The molecule has 1 aromatic heterocycles. The van der Waals surface area contributed by atoms with Crippen LogP contribution in [0.3, 0.4) is 0 Å². The summed E-state index contributed by atoms with van der Waals surface area (Å²) in [4.78, 5) is 13.5. The average molecular weight is 167 g/mol. The van der Waals surface area contributed by atoms with E-state index in [0.717, 1.165) is 6.29 Å². The highest BCUT2D eigenvalue weighted by atomic mass is 19.1. The van der Waals surface area contributed by atoms with Gasteiger partial charge in [0.05, 0.1) is 0 Å². The number of carbonyl (C=O) groups excluding carboxylic acids is 1. The van der Waals surface area contributed by atoms with Crippen molar-refractivity contribution < 1.29 is 9.18 Å². The van der Waals surface area contributed by atoms with Crippen molar-refractivity contribution in [3.05, 3.63) is 29.8 Å². The second kappa shape index (κ2) is 4.59. The molecule has 0 bridgehead atoms. The zero-order chi connectivity index (χ0) is 8.81. The number of unbranched alkanes of at least 4 members (excludes halogenated alkanes) is 1. The predicted molar refractivity (Wildman–Crippen MR) is 43.2 cm³/mol. The van der Waals surface area contributed by atoms with E-state index in [0.29, 0.717) is 24.8 Å². The lowest BCUT2D eigenvalue weighted by Crippen LogP contribution is -1.93. The standard InChI is InChI=1S/C9H10FNO/c10-9-8(4-1-2-7-12)5-3-6-11-9/h3,5-7H,1-2,4H2. The lowest BCUT2D eigenvalue weighted by molar-refractivity contribution is -0.107. The maximum atomic E-state index is 12.8. The highest BCUT2D eigenvalue weighted by Gasteiger charge is 2.00. The van der Waals surface area contributed by atoms with E-state index in [2.05, 4.69) is 4.98 Å². The van der Waals surface area contributed by atoms with Gasteiger partial charge in [-0.1, -0.05) is 6.07 Å². The smallest absolute Gasteiger partial charge is 0.216 e. The molecule has 0 radical (unpaired) electrons. The SMILES string of the molecule is O=CCCCc1cccnc1F. The first-order valence-electron chi connectivity index (χ1n) is 3.87. The minimum Gasteiger partial charge on any atom is -0.303 e. The number of hydrogen-bond acceptors (Lipinski definition) is 2. The Balaban J connectivity index is 2.51. The number of aryl methyl sites for hydroxylation is 1. The number of rotatable bonds is 4. The fourth-order valence-corrected chi connectivity index (χ4v) is 0.982. The Kier molecular flexibility index (Phi) is 3.38. The summed E-state index contributed by atoms with van der Waals surface area (Å²) in [6, 6.07) is 3.38. The van der Waals surface area contributed by atoms with Crippen LogP contribution in [0.5, 0.6) is 0 Å². The first-order valence-corrected chi connectivity index (χ1v) is 3.87. The van der Waals surface area contributed by atoms with Gasteiger partial charge in [-0.25, -0.2) is 4.98 Å². The van der Waals surface area contributed by atoms with Crippen molar-refractivity contribution in [3.63, 3.8) is 0 Å². The third kappa shape index (κ3) is 2.42. The minimum atomic E-state index is -0.427. The maximum Gasteiger partial charge on any atom is 0.216 e. The van der Waals surface area contributed by atoms with Gasteiger partial charge < -0.3 is 4.79 Å². The predicted octanol–water partition coefficient (Wildman–Crippen LogP) is 1.74. The molecule has 2 nitrogen and oxygen atoms in total. The van der Waals surface area contributed by atoms with Gasteiger partial charge in [0, 0.05) is 18.2 Å². The molecule has 0 N–H and O–H groups in total. The molecule has 0 aliphatic carbocycles. The Morgan fingerprint density at radius 1 is 1.58 bits per heavy atom. The summed E-state index contributed by atoms with van der Waals surface area (Å²) in [5, 5.41) is 0. The molecule has 0 saturated carbocycles. The summed E-state index contributed by atoms with van der Waals surface area (Å²) in [6.45, 7) is 0. The van der Waals surface area contributed by atoms with E-state index >= 15 is 0 Å². The number of aromatic nitrogens is 1. The molecule has 3 heteroatoms. The van der Waals surface area contributed by atoms with E-state index < -0.39 is 5.95 Å². The zero-order valence-corrected chi connectivity index (χ0v) is 6.66. The quantitative estimate of drug-likeness (QED) is 0.388. The van der Waals surface area contributed by atoms with Crippen LogP contribution in [-0.4, -0.2) is 11.3 Å². The maximum absolute atomic E-state index is 12.8. The molecule has 64 valence electrons. The number of hydrogen-bond donors (Lipinski definition) is 0. The molecule has 1 rings (SSSR count). The fourth-order valence-electron chi connectivity index (χ4n) is 0.982. The van der Waals surface area contributed by atoms with E-state index in [9.17, 15) is 9.18 Å². The van der Waals surface area contributed by atoms with E-state index in [1.807, 2.05) is 0 Å². The summed E-state index contributed by atoms with van der Waals surface area (Å²) < 4.78 is 12.8. The van der Waals surface area contributed by atoms with Crippen molar-refractivity contribution in [2.45, 2.75) is 19.3 Å². The van der Waals surface area contributed by atoms with Crippen LogP contribution < -0.4 is 0 Å². The summed E-state index contributed by atoms with van der Waals surface area (Å²) in [7, 11) is 0. The number of carbonyl (C=O) groups is 1. The molecule has 0 atom stereocenters. The molecule has 0 amide bonds. The van der Waals surface area contributed by atoms with E-state index in [1.54, 1.807) is 12.1 Å². The minimum absolute atomic E-state index is 0.427. The molecule has 1 aromatic rings. The van der Waals surface area contributed by atoms with Crippen LogP contribution in [0.4, 0.5) is 4.39 Å². The van der Waals surface area contributed by atoms with E-state index in [-0.39, 0.29) is 0 Å². The first kappa shape index (κ1) is 8.84. The number of aldehydes is 1. The van der Waals surface area contributed by atoms with Crippen molar-refractivity contribution >= 4 is 6.29 Å². The van der Waals surface area contributed by atoms with Gasteiger partial charge in [-0.3, -0.25) is 0 Å². The van der Waals surface area contributed by atoms with Crippen molar-refractivity contribution in [2.24, 2.45) is 0 Å². The van der Waals surface area contributed by atoms with Crippen LogP contribution in [0.25, 0.3) is 0 Å². The molecule has 0 aliphatic rings. The average Bonchev–Trinajstić information content (AvgIpc) is 2.09. The van der Waals surface area contributed by atoms with Crippen LogP contribution in [0.15, 0.2) is 18.3 Å². The molecule has 0 saturated heterocycles. The molecule has 12 heavy (non-hydrogen) atoms. The van der Waals surface area contributed by atoms with Gasteiger partial charge in [-0.2, -0.15) is 4.39 Å². The van der Waals surface area contributed by atoms with Crippen LogP contribution in [0.1, 0.15) is 18.4 Å². The fraction of sp³-hybridized carbons (Fsp3) is 0.333. The second-order valence-corrected chi connectivity index (χ2v) is 2.51. The van der Waals surface area contributed by atoms with Crippen LogP contribution in [0.2, 0.25) is 0 Å². The monoisotopic (exact) mass is 167 g/mol. The highest BCUT2D eigenvalue weighted by Crippen LogP contribution is 2.06. The van der Waals surface area contributed by atoms with Gasteiger partial charge in [-0.05, 0) is 18.9 Å². The molecular weight excluding hydrogens is 157 g/mol. The Labute approximate surface area is 70.4 Å². The van der Waals surface area contributed by atoms with Gasteiger partial charge >= 0.3 is 0 Å². The first-order chi connectivity index (χ1) is 5.84. The number of nitrogens with zero attached hydrogens (tertiary/aromatic N) is 1. The summed E-state index contributed by atoms with van der Waals surface area (Å²) >= 11 is 0. The van der Waals surface area contributed by atoms with Crippen LogP contribution in [-0.2, 0) is 11.2 Å². The van der Waals surface area contributed by atoms with Crippen molar-refractivity contribution in [1.29, 1.82) is 0 Å². The molecule has 0 aliphatic heterocycles. The van der Waals surface area contributed by atoms with Crippen LogP contribution >= 0.6 is 0 Å². The van der Waals surface area contributed by atoms with Gasteiger partial charge in [-0.15, -0.1) is 0 Å². The third-order valence-corrected chi connectivity index (χ3v) is 1.60. The Hall–Kier alpha value is -1.25. The second-order valence-electron chi connectivity index (χ2n) is 2.51. The van der Waals surface area contributed by atoms with Crippen molar-refractivity contribution in [2.75, 3.05) is 0 Å². The Morgan fingerprint density at radius 3 is 3.08 bits per heavy atom. The molecule has 0 unspecified atom stereocenters.